The molecule has 2 unspecified atom stereocenters. The minimum absolute atomic E-state index is 0. The second kappa shape index (κ2) is 18.4. The summed E-state index contributed by atoms with van der Waals surface area (Å²) in [6, 6.07) is 7.43. The van der Waals surface area contributed by atoms with Gasteiger partial charge in [0.25, 0.3) is 0 Å². The number of carbonyl (C=O) groups is 1. The fraction of sp³-hybridized carbons (Fsp3) is 0.640. The van der Waals surface area contributed by atoms with Crippen LogP contribution in [0.1, 0.15) is 72.6 Å². The first-order chi connectivity index (χ1) is 14.2. The summed E-state index contributed by atoms with van der Waals surface area (Å²) in [5.41, 5.74) is 6.02. The van der Waals surface area contributed by atoms with E-state index in [0.29, 0.717) is 13.0 Å². The molecule has 1 aromatic rings. The van der Waals surface area contributed by atoms with Crippen molar-refractivity contribution in [3.8, 4) is 5.75 Å². The third-order valence-electron chi connectivity index (χ3n) is 4.96. The van der Waals surface area contributed by atoms with Crippen LogP contribution in [0.4, 0.5) is 5.69 Å². The number of ether oxygens (including phenoxy) is 2. The molecule has 0 fully saturated rings. The number of nitrogens with one attached hydrogen (secondary N) is 1. The van der Waals surface area contributed by atoms with Crippen molar-refractivity contribution in [1.29, 1.82) is 0 Å². The molecular formula is C25H44CrN2O3. The largest absolute Gasteiger partial charge is 2.00 e. The van der Waals surface area contributed by atoms with E-state index in [1.807, 2.05) is 52.0 Å². The number of anilines is 1. The van der Waals surface area contributed by atoms with Crippen LogP contribution in [-0.4, -0.2) is 31.8 Å². The van der Waals surface area contributed by atoms with Crippen molar-refractivity contribution in [2.45, 2.75) is 84.8 Å². The molecule has 0 saturated heterocycles. The summed E-state index contributed by atoms with van der Waals surface area (Å²) in [7, 11) is 1.65. The van der Waals surface area contributed by atoms with Gasteiger partial charge in [0, 0.05) is 24.3 Å². The standard InChI is InChI=1S/C22H37N2O3.C3H7.Cr/c1-6-20(26-5)17(2)24-21(25)22(3,4)15-9-7-8-10-16-27-19-13-11-18(23)12-14-19;1-3-2;/h11-14,17,20H,1,6-10,15-16,23H2,2-5H3,(H,24,25);1,3H2,2H3;/q2*-1;+2. The Kier molecular flexibility index (Phi) is 18.9. The van der Waals surface area contributed by atoms with Gasteiger partial charge in [-0.1, -0.05) is 40.0 Å². The molecule has 6 heteroatoms. The second-order valence-corrected chi connectivity index (χ2v) is 8.29. The topological polar surface area (TPSA) is 73.6 Å². The summed E-state index contributed by atoms with van der Waals surface area (Å²) < 4.78 is 11.1. The van der Waals surface area contributed by atoms with Crippen LogP contribution >= 0.6 is 0 Å². The molecule has 0 aliphatic heterocycles. The third-order valence-corrected chi connectivity index (χ3v) is 4.96. The molecule has 1 amide bonds. The van der Waals surface area contributed by atoms with E-state index in [4.69, 9.17) is 15.2 Å². The van der Waals surface area contributed by atoms with Crippen LogP contribution in [-0.2, 0) is 26.9 Å². The van der Waals surface area contributed by atoms with E-state index in [-0.39, 0.29) is 40.8 Å². The van der Waals surface area contributed by atoms with Crippen molar-refractivity contribution in [1.82, 2.24) is 5.32 Å². The first-order valence-corrected chi connectivity index (χ1v) is 11.1. The molecule has 0 aliphatic rings. The molecule has 5 nitrogen and oxygen atoms in total. The summed E-state index contributed by atoms with van der Waals surface area (Å²) >= 11 is 0. The number of amides is 1. The Balaban J connectivity index is 0. The number of unbranched alkanes of at least 4 members (excludes halogenated alkanes) is 3. The van der Waals surface area contributed by atoms with E-state index in [9.17, 15) is 4.79 Å². The number of nitrogens with two attached hydrogens (primary N) is 1. The molecule has 0 aliphatic carbocycles. The predicted molar refractivity (Wildman–Crippen MR) is 127 cm³/mol. The first-order valence-electron chi connectivity index (χ1n) is 11.1. The van der Waals surface area contributed by atoms with E-state index < -0.39 is 0 Å². The Hall–Kier alpha value is -1.22. The van der Waals surface area contributed by atoms with Crippen LogP contribution in [0.25, 0.3) is 0 Å². The monoisotopic (exact) mass is 472 g/mol. The van der Waals surface area contributed by atoms with Gasteiger partial charge in [-0.25, -0.2) is 0 Å². The van der Waals surface area contributed by atoms with Gasteiger partial charge in [-0.3, -0.25) is 4.79 Å². The van der Waals surface area contributed by atoms with Crippen LogP contribution in [0, 0.1) is 19.3 Å². The first kappa shape index (κ1) is 32.0. The number of hydrogen-bond acceptors (Lipinski definition) is 4. The van der Waals surface area contributed by atoms with Crippen LogP contribution < -0.4 is 15.8 Å². The zero-order valence-corrected chi connectivity index (χ0v) is 21.5. The van der Waals surface area contributed by atoms with Crippen molar-refractivity contribution in [2.24, 2.45) is 5.41 Å². The number of hydrogen-bond donors (Lipinski definition) is 2. The van der Waals surface area contributed by atoms with Crippen molar-refractivity contribution < 1.29 is 31.6 Å². The molecule has 0 heterocycles. The van der Waals surface area contributed by atoms with Gasteiger partial charge in [-0.05, 0) is 44.0 Å². The molecule has 1 aromatic carbocycles. The summed E-state index contributed by atoms with van der Waals surface area (Å²) in [5.74, 6) is 0.935. The molecule has 2 atom stereocenters. The van der Waals surface area contributed by atoms with Crippen molar-refractivity contribution in [3.63, 3.8) is 0 Å². The van der Waals surface area contributed by atoms with E-state index in [2.05, 4.69) is 19.2 Å². The molecule has 0 spiro atoms. The number of rotatable bonds is 13. The molecular weight excluding hydrogens is 428 g/mol. The van der Waals surface area contributed by atoms with Gasteiger partial charge in [-0.2, -0.15) is 12.8 Å². The molecule has 0 aromatic heterocycles. The number of benzene rings is 1. The normalized spacial score (nSPS) is 12.6. The fourth-order valence-corrected chi connectivity index (χ4v) is 2.96. The van der Waals surface area contributed by atoms with Gasteiger partial charge in [0.15, 0.2) is 0 Å². The number of nitrogen functional groups attached to an aromatic ring is 1. The maximum atomic E-state index is 12.5. The molecule has 178 valence electrons. The zero-order chi connectivity index (χ0) is 23.0. The van der Waals surface area contributed by atoms with E-state index >= 15 is 0 Å². The minimum Gasteiger partial charge on any atom is -0.494 e. The summed E-state index contributed by atoms with van der Waals surface area (Å²) in [5, 5.41) is 3.07. The van der Waals surface area contributed by atoms with Gasteiger partial charge in [0.1, 0.15) is 5.75 Å². The zero-order valence-electron chi connectivity index (χ0n) is 20.2. The van der Waals surface area contributed by atoms with E-state index in [0.717, 1.165) is 50.0 Å². The van der Waals surface area contributed by atoms with Crippen molar-refractivity contribution in [2.75, 3.05) is 19.5 Å². The maximum absolute atomic E-state index is 12.5. The Bertz CT molecular complexity index is 560. The number of methoxy groups -OCH3 is 1. The van der Waals surface area contributed by atoms with Gasteiger partial charge in [0.2, 0.25) is 5.91 Å². The Morgan fingerprint density at radius 1 is 1.13 bits per heavy atom. The predicted octanol–water partition coefficient (Wildman–Crippen LogP) is 5.60. The van der Waals surface area contributed by atoms with Crippen LogP contribution in [0.3, 0.4) is 0 Å². The molecule has 0 radical (unpaired) electrons. The molecule has 3 N–H and O–H groups in total. The van der Waals surface area contributed by atoms with Crippen molar-refractivity contribution >= 4 is 11.6 Å². The molecule has 0 saturated carbocycles. The maximum Gasteiger partial charge on any atom is 2.00 e. The average molecular weight is 473 g/mol. The summed E-state index contributed by atoms with van der Waals surface area (Å²) in [6.45, 7) is 16.0. The second-order valence-electron chi connectivity index (χ2n) is 8.29. The van der Waals surface area contributed by atoms with Gasteiger partial charge < -0.3 is 34.4 Å². The average Bonchev–Trinajstić information content (AvgIpc) is 2.70. The Morgan fingerprint density at radius 3 is 2.19 bits per heavy atom. The molecule has 0 bridgehead atoms. The Labute approximate surface area is 202 Å². The van der Waals surface area contributed by atoms with Crippen LogP contribution in [0.5, 0.6) is 5.75 Å². The van der Waals surface area contributed by atoms with E-state index in [1.165, 1.54) is 0 Å². The number of carbonyl (C=O) groups excluding carboxylic acids is 1. The Morgan fingerprint density at radius 2 is 1.68 bits per heavy atom. The van der Waals surface area contributed by atoms with Gasteiger partial charge >= 0.3 is 17.4 Å². The van der Waals surface area contributed by atoms with Crippen LogP contribution in [0.2, 0.25) is 0 Å². The van der Waals surface area contributed by atoms with Gasteiger partial charge in [-0.15, -0.1) is 0 Å². The fourth-order valence-electron chi connectivity index (χ4n) is 2.96. The molecule has 31 heavy (non-hydrogen) atoms. The smallest absolute Gasteiger partial charge is 0.494 e. The van der Waals surface area contributed by atoms with Gasteiger partial charge in [0.05, 0.1) is 12.7 Å². The van der Waals surface area contributed by atoms with Crippen molar-refractivity contribution in [3.05, 3.63) is 38.1 Å². The van der Waals surface area contributed by atoms with E-state index in [1.54, 1.807) is 7.11 Å². The van der Waals surface area contributed by atoms with Crippen LogP contribution in [0.15, 0.2) is 24.3 Å². The third kappa shape index (κ3) is 14.5. The quantitative estimate of drug-likeness (QED) is 0.223. The minimum atomic E-state index is -0.381. The summed E-state index contributed by atoms with van der Waals surface area (Å²) in [4.78, 5) is 12.5. The summed E-state index contributed by atoms with van der Waals surface area (Å²) in [6.07, 6.45) is 6.68. The SMILES string of the molecule is [CH2-]CC.[CH2-]CC(OC)C(C)NC(=O)C(C)(C)CCCCCCOc1ccc(N)cc1.[Cr+2]. The molecule has 1 rings (SSSR count).